The van der Waals surface area contributed by atoms with Gasteiger partial charge in [-0.3, -0.25) is 4.79 Å². The number of hydrogen-bond acceptors (Lipinski definition) is 2. The van der Waals surface area contributed by atoms with Crippen molar-refractivity contribution in [3.8, 4) is 0 Å². The van der Waals surface area contributed by atoms with E-state index >= 15 is 0 Å². The second-order valence-corrected chi connectivity index (χ2v) is 3.57. The van der Waals surface area contributed by atoms with Gasteiger partial charge in [-0.25, -0.2) is 4.98 Å². The number of carbonyl (C=O) groups is 1. The average Bonchev–Trinajstić information content (AvgIpc) is 2.68. The van der Waals surface area contributed by atoms with Crippen molar-refractivity contribution in [2.75, 3.05) is 0 Å². The highest BCUT2D eigenvalue weighted by molar-refractivity contribution is 5.81. The number of nitrogens with one attached hydrogen (secondary N) is 2. The van der Waals surface area contributed by atoms with E-state index in [4.69, 9.17) is 0 Å². The average molecular weight is 179 g/mol. The first-order chi connectivity index (χ1) is 6.27. The number of imidazole rings is 1. The van der Waals surface area contributed by atoms with E-state index < -0.39 is 0 Å². The third-order valence-electron chi connectivity index (χ3n) is 2.43. The first-order valence-electron chi connectivity index (χ1n) is 4.53. The van der Waals surface area contributed by atoms with Gasteiger partial charge in [0.25, 0.3) is 0 Å². The standard InChI is InChI=1S/C9H13N3O/c1-6-4-7(6)9(13)12-5-8-10-2-3-11-8/h2-3,6-7H,4-5H2,1H3,(H,10,11)(H,12,13)/t6-,7-/m1/s1. The fraction of sp³-hybridized carbons (Fsp3) is 0.556. The summed E-state index contributed by atoms with van der Waals surface area (Å²) in [5.74, 6) is 1.78. The van der Waals surface area contributed by atoms with Crippen molar-refractivity contribution < 1.29 is 4.79 Å². The molecule has 0 spiro atoms. The third-order valence-corrected chi connectivity index (χ3v) is 2.43. The molecule has 0 radical (unpaired) electrons. The maximum atomic E-state index is 11.4. The number of rotatable bonds is 3. The van der Waals surface area contributed by atoms with Gasteiger partial charge in [-0.15, -0.1) is 0 Å². The van der Waals surface area contributed by atoms with Gasteiger partial charge in [0.15, 0.2) is 0 Å². The van der Waals surface area contributed by atoms with Gasteiger partial charge in [0.05, 0.1) is 6.54 Å². The normalized spacial score (nSPS) is 25.6. The molecule has 1 saturated carbocycles. The van der Waals surface area contributed by atoms with Crippen LogP contribution in [0.15, 0.2) is 12.4 Å². The van der Waals surface area contributed by atoms with Crippen LogP contribution < -0.4 is 5.32 Å². The van der Waals surface area contributed by atoms with Crippen molar-refractivity contribution in [2.45, 2.75) is 19.9 Å². The molecule has 1 aliphatic rings. The molecule has 13 heavy (non-hydrogen) atoms. The Labute approximate surface area is 76.8 Å². The number of nitrogens with zero attached hydrogens (tertiary/aromatic N) is 1. The lowest BCUT2D eigenvalue weighted by Crippen LogP contribution is -2.25. The quantitative estimate of drug-likeness (QED) is 0.717. The molecule has 1 fully saturated rings. The predicted molar refractivity (Wildman–Crippen MR) is 47.7 cm³/mol. The maximum absolute atomic E-state index is 11.4. The molecular formula is C9H13N3O. The van der Waals surface area contributed by atoms with Gasteiger partial charge in [-0.2, -0.15) is 0 Å². The second kappa shape index (κ2) is 3.20. The zero-order chi connectivity index (χ0) is 9.26. The lowest BCUT2D eigenvalue weighted by molar-refractivity contribution is -0.122. The van der Waals surface area contributed by atoms with Gasteiger partial charge in [-0.1, -0.05) is 6.92 Å². The van der Waals surface area contributed by atoms with Gasteiger partial charge in [0.2, 0.25) is 5.91 Å². The van der Waals surface area contributed by atoms with Gasteiger partial charge in [-0.05, 0) is 12.3 Å². The Morgan fingerprint density at radius 3 is 3.15 bits per heavy atom. The number of aromatic nitrogens is 2. The number of H-pyrrole nitrogens is 1. The molecular weight excluding hydrogens is 166 g/mol. The highest BCUT2D eigenvalue weighted by Crippen LogP contribution is 2.37. The van der Waals surface area contributed by atoms with Crippen LogP contribution in [0, 0.1) is 11.8 Å². The van der Waals surface area contributed by atoms with Gasteiger partial charge < -0.3 is 10.3 Å². The second-order valence-electron chi connectivity index (χ2n) is 3.57. The van der Waals surface area contributed by atoms with Gasteiger partial charge in [0, 0.05) is 18.3 Å². The lowest BCUT2D eigenvalue weighted by atomic mass is 10.3. The summed E-state index contributed by atoms with van der Waals surface area (Å²) >= 11 is 0. The molecule has 0 aromatic carbocycles. The SMILES string of the molecule is C[C@@H]1C[C@H]1C(=O)NCc1ncc[nH]1. The molecule has 0 aliphatic heterocycles. The zero-order valence-corrected chi connectivity index (χ0v) is 7.58. The minimum absolute atomic E-state index is 0.156. The number of hydrogen-bond donors (Lipinski definition) is 2. The van der Waals surface area contributed by atoms with E-state index in [1.807, 2.05) is 0 Å². The van der Waals surface area contributed by atoms with Crippen LogP contribution in [0.1, 0.15) is 19.2 Å². The Morgan fingerprint density at radius 2 is 2.62 bits per heavy atom. The smallest absolute Gasteiger partial charge is 0.223 e. The van der Waals surface area contributed by atoms with E-state index in [1.165, 1.54) is 0 Å². The molecule has 2 rings (SSSR count). The molecule has 0 saturated heterocycles. The van der Waals surface area contributed by atoms with Crippen LogP contribution in [0.2, 0.25) is 0 Å². The van der Waals surface area contributed by atoms with Crippen LogP contribution >= 0.6 is 0 Å². The van der Waals surface area contributed by atoms with Crippen molar-refractivity contribution in [3.05, 3.63) is 18.2 Å². The molecule has 4 nitrogen and oxygen atoms in total. The molecule has 1 amide bonds. The van der Waals surface area contributed by atoms with Crippen LogP contribution in [0.4, 0.5) is 0 Å². The highest BCUT2D eigenvalue weighted by Gasteiger charge is 2.38. The van der Waals surface area contributed by atoms with Crippen LogP contribution in [0.25, 0.3) is 0 Å². The Kier molecular flexibility index (Phi) is 2.04. The van der Waals surface area contributed by atoms with Crippen molar-refractivity contribution >= 4 is 5.91 Å². The summed E-state index contributed by atoms with van der Waals surface area (Å²) in [4.78, 5) is 18.3. The van der Waals surface area contributed by atoms with Crippen molar-refractivity contribution in [1.29, 1.82) is 0 Å². The molecule has 4 heteroatoms. The topological polar surface area (TPSA) is 57.8 Å². The van der Waals surface area contributed by atoms with Gasteiger partial charge in [0.1, 0.15) is 5.82 Å². The van der Waals surface area contributed by atoms with Gasteiger partial charge >= 0.3 is 0 Å². The lowest BCUT2D eigenvalue weighted by Gasteiger charge is -2.00. The fourth-order valence-corrected chi connectivity index (χ4v) is 1.38. The minimum atomic E-state index is 0.156. The third kappa shape index (κ3) is 1.88. The molecule has 2 atom stereocenters. The van der Waals surface area contributed by atoms with E-state index in [0.29, 0.717) is 12.5 Å². The maximum Gasteiger partial charge on any atom is 0.223 e. The zero-order valence-electron chi connectivity index (χ0n) is 7.58. The van der Waals surface area contributed by atoms with E-state index in [0.717, 1.165) is 12.2 Å². The Hall–Kier alpha value is -1.32. The van der Waals surface area contributed by atoms with Crippen LogP contribution in [-0.4, -0.2) is 15.9 Å². The summed E-state index contributed by atoms with van der Waals surface area (Å²) in [5.41, 5.74) is 0. The largest absolute Gasteiger partial charge is 0.349 e. The Bertz CT molecular complexity index is 294. The Balaban J connectivity index is 1.77. The summed E-state index contributed by atoms with van der Waals surface area (Å²) in [6.45, 7) is 2.60. The molecule has 0 bridgehead atoms. The van der Waals surface area contributed by atoms with E-state index in [9.17, 15) is 4.79 Å². The number of carbonyl (C=O) groups excluding carboxylic acids is 1. The molecule has 1 heterocycles. The summed E-state index contributed by atoms with van der Waals surface area (Å²) in [7, 11) is 0. The summed E-state index contributed by atoms with van der Waals surface area (Å²) in [6, 6.07) is 0. The molecule has 1 aromatic heterocycles. The first kappa shape index (κ1) is 8.29. The van der Waals surface area contributed by atoms with Crippen LogP contribution in [-0.2, 0) is 11.3 Å². The summed E-state index contributed by atoms with van der Waals surface area (Å²) < 4.78 is 0. The fourth-order valence-electron chi connectivity index (χ4n) is 1.38. The minimum Gasteiger partial charge on any atom is -0.349 e. The molecule has 2 N–H and O–H groups in total. The number of amides is 1. The molecule has 1 aliphatic carbocycles. The monoisotopic (exact) mass is 179 g/mol. The summed E-state index contributed by atoms with van der Waals surface area (Å²) in [5, 5.41) is 2.84. The highest BCUT2D eigenvalue weighted by atomic mass is 16.2. The number of aromatic amines is 1. The van der Waals surface area contributed by atoms with Crippen molar-refractivity contribution in [3.63, 3.8) is 0 Å². The molecule has 1 aromatic rings. The van der Waals surface area contributed by atoms with E-state index in [1.54, 1.807) is 12.4 Å². The van der Waals surface area contributed by atoms with Crippen LogP contribution in [0.5, 0.6) is 0 Å². The Morgan fingerprint density at radius 1 is 1.85 bits per heavy atom. The van der Waals surface area contributed by atoms with Crippen LogP contribution in [0.3, 0.4) is 0 Å². The molecule has 0 unspecified atom stereocenters. The molecule has 70 valence electrons. The van der Waals surface area contributed by atoms with E-state index in [-0.39, 0.29) is 11.8 Å². The van der Waals surface area contributed by atoms with Crippen molar-refractivity contribution in [2.24, 2.45) is 11.8 Å². The predicted octanol–water partition coefficient (Wildman–Crippen LogP) is 0.682. The van der Waals surface area contributed by atoms with E-state index in [2.05, 4.69) is 22.2 Å². The summed E-state index contributed by atoms with van der Waals surface area (Å²) in [6.07, 6.45) is 4.46. The first-order valence-corrected chi connectivity index (χ1v) is 4.53. The van der Waals surface area contributed by atoms with Crippen molar-refractivity contribution in [1.82, 2.24) is 15.3 Å².